The molecule has 5 atom stereocenters. The number of hydrogen-bond acceptors (Lipinski definition) is 9. The zero-order valence-corrected chi connectivity index (χ0v) is 19.7. The summed E-state index contributed by atoms with van der Waals surface area (Å²) < 4.78 is 0. The average Bonchev–Trinajstić information content (AvgIpc) is 3.30. The Morgan fingerprint density at radius 2 is 1.69 bits per heavy atom. The highest BCUT2D eigenvalue weighted by Gasteiger charge is 2.28. The summed E-state index contributed by atoms with van der Waals surface area (Å²) in [5.41, 5.74) is 6.42. The van der Waals surface area contributed by atoms with Gasteiger partial charge >= 0.3 is 11.9 Å². The van der Waals surface area contributed by atoms with Crippen molar-refractivity contribution in [3.05, 3.63) is 18.2 Å². The summed E-state index contributed by atoms with van der Waals surface area (Å²) in [6, 6.07) is -5.13. The maximum Gasteiger partial charge on any atom is 0.328 e. The number of H-pyrrole nitrogens is 1. The highest BCUT2D eigenvalue weighted by atomic mass is 16.4. The molecular weight excluding hydrogens is 482 g/mol. The SMILES string of the molecule is C[C@H](NC(=O)[C@@H](N)Cc1cnc[nH]1)C(=O)N[C@@H](CCC(=O)O)C(=O)NCC(=O)N[C@H](C(=O)O)[C@@H](C)O. The van der Waals surface area contributed by atoms with Gasteiger partial charge in [0.1, 0.15) is 12.1 Å². The van der Waals surface area contributed by atoms with E-state index < -0.39 is 78.8 Å². The lowest BCUT2D eigenvalue weighted by Gasteiger charge is -2.22. The third-order valence-electron chi connectivity index (χ3n) is 4.85. The van der Waals surface area contributed by atoms with Crippen LogP contribution in [-0.4, -0.2) is 97.7 Å². The molecule has 200 valence electrons. The maximum atomic E-state index is 12.5. The monoisotopic (exact) mass is 513 g/mol. The topological polar surface area (TPSA) is 266 Å². The van der Waals surface area contributed by atoms with Gasteiger partial charge in [-0.1, -0.05) is 0 Å². The molecule has 0 saturated heterocycles. The van der Waals surface area contributed by atoms with Crippen molar-refractivity contribution in [3.63, 3.8) is 0 Å². The predicted octanol–water partition coefficient (Wildman–Crippen LogP) is -3.80. The minimum Gasteiger partial charge on any atom is -0.481 e. The van der Waals surface area contributed by atoms with Crippen LogP contribution in [-0.2, 0) is 35.2 Å². The summed E-state index contributed by atoms with van der Waals surface area (Å²) in [6.07, 6.45) is 0.794. The molecule has 16 heteroatoms. The van der Waals surface area contributed by atoms with E-state index >= 15 is 0 Å². The van der Waals surface area contributed by atoms with Crippen LogP contribution in [0, 0.1) is 0 Å². The Bertz CT molecular complexity index is 936. The highest BCUT2D eigenvalue weighted by molar-refractivity contribution is 5.94. The van der Waals surface area contributed by atoms with Crippen molar-refractivity contribution in [1.29, 1.82) is 0 Å². The number of rotatable bonds is 15. The maximum absolute atomic E-state index is 12.5. The van der Waals surface area contributed by atoms with Gasteiger partial charge in [0.05, 0.1) is 25.0 Å². The van der Waals surface area contributed by atoms with Crippen molar-refractivity contribution in [1.82, 2.24) is 31.2 Å². The normalized spacial score (nSPS) is 14.9. The molecule has 1 aromatic rings. The molecule has 16 nitrogen and oxygen atoms in total. The van der Waals surface area contributed by atoms with Crippen LogP contribution in [0.2, 0.25) is 0 Å². The zero-order valence-electron chi connectivity index (χ0n) is 19.7. The van der Waals surface area contributed by atoms with Crippen molar-refractivity contribution < 1.29 is 44.1 Å². The number of carbonyl (C=O) groups is 6. The summed E-state index contributed by atoms with van der Waals surface area (Å²) in [5, 5.41) is 36.2. The van der Waals surface area contributed by atoms with Crippen molar-refractivity contribution in [3.8, 4) is 0 Å². The lowest BCUT2D eigenvalue weighted by atomic mass is 10.1. The molecule has 1 heterocycles. The Labute approximate surface area is 205 Å². The summed E-state index contributed by atoms with van der Waals surface area (Å²) in [6.45, 7) is 1.78. The number of carboxylic acid groups (broad SMARTS) is 2. The third kappa shape index (κ3) is 10.5. The van der Waals surface area contributed by atoms with Gasteiger partial charge in [-0.3, -0.25) is 24.0 Å². The van der Waals surface area contributed by atoms with Gasteiger partial charge in [-0.05, 0) is 20.3 Å². The number of carboxylic acids is 2. The standard InChI is InChI=1S/C20H31N7O9/c1-9(25-18(33)12(21)5-11-6-22-8-24-11)17(32)26-13(3-4-15(30)31)19(34)23-7-14(29)27-16(10(2)28)20(35)36/h6,8-10,12-13,16,28H,3-5,7,21H2,1-2H3,(H,22,24)(H,23,34)(H,25,33)(H,26,32)(H,27,29)(H,30,31)(H,35,36)/t9-,10+,12-,13-,16-/m0/s1. The second-order valence-electron chi connectivity index (χ2n) is 7.95. The Balaban J connectivity index is 2.69. The number of amides is 4. The van der Waals surface area contributed by atoms with Crippen LogP contribution in [0.3, 0.4) is 0 Å². The number of nitrogens with one attached hydrogen (secondary N) is 5. The van der Waals surface area contributed by atoms with Crippen LogP contribution in [0.15, 0.2) is 12.5 Å². The van der Waals surface area contributed by atoms with Gasteiger partial charge in [0.2, 0.25) is 23.6 Å². The molecule has 0 fully saturated rings. The fraction of sp³-hybridized carbons (Fsp3) is 0.550. The number of aliphatic hydroxyl groups is 1. The molecule has 1 rings (SSSR count). The minimum atomic E-state index is -1.61. The van der Waals surface area contributed by atoms with Crippen LogP contribution < -0.4 is 27.0 Å². The Hall–Kier alpha value is -4.05. The fourth-order valence-corrected chi connectivity index (χ4v) is 2.85. The molecule has 0 radical (unpaired) electrons. The van der Waals surface area contributed by atoms with E-state index in [4.69, 9.17) is 15.9 Å². The lowest BCUT2D eigenvalue weighted by molar-refractivity contribution is -0.144. The number of imidazole rings is 1. The quantitative estimate of drug-likeness (QED) is 0.110. The van der Waals surface area contributed by atoms with Crippen LogP contribution in [0.1, 0.15) is 32.4 Å². The molecule has 0 aliphatic heterocycles. The first-order valence-electron chi connectivity index (χ1n) is 10.8. The molecule has 10 N–H and O–H groups in total. The molecule has 0 aromatic carbocycles. The second-order valence-corrected chi connectivity index (χ2v) is 7.95. The van der Waals surface area contributed by atoms with Crippen molar-refractivity contribution in [2.24, 2.45) is 5.73 Å². The van der Waals surface area contributed by atoms with E-state index in [0.717, 1.165) is 6.92 Å². The van der Waals surface area contributed by atoms with Crippen LogP contribution in [0.5, 0.6) is 0 Å². The van der Waals surface area contributed by atoms with Crippen LogP contribution in [0.4, 0.5) is 0 Å². The van der Waals surface area contributed by atoms with Crippen molar-refractivity contribution in [2.45, 2.75) is 63.4 Å². The van der Waals surface area contributed by atoms with Gasteiger partial charge in [-0.2, -0.15) is 0 Å². The smallest absolute Gasteiger partial charge is 0.328 e. The lowest BCUT2D eigenvalue weighted by Crippen LogP contribution is -2.56. The molecule has 36 heavy (non-hydrogen) atoms. The number of aliphatic carboxylic acids is 2. The molecule has 0 aliphatic rings. The minimum absolute atomic E-state index is 0.129. The Morgan fingerprint density at radius 1 is 1.03 bits per heavy atom. The van der Waals surface area contributed by atoms with E-state index in [1.807, 2.05) is 5.32 Å². The Kier molecular flexibility index (Phi) is 12.0. The largest absolute Gasteiger partial charge is 0.481 e. The van der Waals surface area contributed by atoms with E-state index in [1.54, 1.807) is 0 Å². The van der Waals surface area contributed by atoms with Crippen molar-refractivity contribution >= 4 is 35.6 Å². The first kappa shape index (κ1) is 30.0. The number of aromatic amines is 1. The summed E-state index contributed by atoms with van der Waals surface area (Å²) in [4.78, 5) is 77.8. The number of aromatic nitrogens is 2. The number of nitrogens with zero attached hydrogens (tertiary/aromatic N) is 1. The fourth-order valence-electron chi connectivity index (χ4n) is 2.85. The van der Waals surface area contributed by atoms with Crippen molar-refractivity contribution in [2.75, 3.05) is 6.54 Å². The van der Waals surface area contributed by atoms with E-state index in [2.05, 4.69) is 25.9 Å². The van der Waals surface area contributed by atoms with Gasteiger partial charge in [-0.25, -0.2) is 9.78 Å². The molecule has 1 aromatic heterocycles. The molecule has 0 bridgehead atoms. The van der Waals surface area contributed by atoms with E-state index in [1.165, 1.54) is 19.4 Å². The van der Waals surface area contributed by atoms with Crippen LogP contribution in [0.25, 0.3) is 0 Å². The number of hydrogen-bond donors (Lipinski definition) is 9. The van der Waals surface area contributed by atoms with Gasteiger partial charge in [0.25, 0.3) is 0 Å². The third-order valence-corrected chi connectivity index (χ3v) is 4.85. The summed E-state index contributed by atoms with van der Waals surface area (Å²) in [7, 11) is 0. The van der Waals surface area contributed by atoms with E-state index in [0.29, 0.717) is 5.69 Å². The molecule has 0 unspecified atom stereocenters. The Morgan fingerprint density at radius 3 is 2.22 bits per heavy atom. The first-order valence-corrected chi connectivity index (χ1v) is 10.8. The predicted molar refractivity (Wildman–Crippen MR) is 121 cm³/mol. The summed E-state index contributed by atoms with van der Waals surface area (Å²) >= 11 is 0. The number of aliphatic hydroxyl groups excluding tert-OH is 1. The van der Waals surface area contributed by atoms with Crippen LogP contribution >= 0.6 is 0 Å². The second kappa shape index (κ2) is 14.4. The number of carbonyl (C=O) groups excluding carboxylic acids is 4. The first-order chi connectivity index (χ1) is 16.8. The number of nitrogens with two attached hydrogens (primary N) is 1. The molecule has 4 amide bonds. The zero-order chi connectivity index (χ0) is 27.4. The highest BCUT2D eigenvalue weighted by Crippen LogP contribution is 2.01. The molecular formula is C20H31N7O9. The molecule has 0 aliphatic carbocycles. The van der Waals surface area contributed by atoms with Gasteiger partial charge in [0, 0.05) is 24.7 Å². The van der Waals surface area contributed by atoms with Gasteiger partial charge < -0.3 is 47.3 Å². The molecule has 0 saturated carbocycles. The van der Waals surface area contributed by atoms with Gasteiger partial charge in [0.15, 0.2) is 6.04 Å². The van der Waals surface area contributed by atoms with Gasteiger partial charge in [-0.15, -0.1) is 0 Å². The van der Waals surface area contributed by atoms with E-state index in [9.17, 15) is 33.9 Å². The van der Waals surface area contributed by atoms with E-state index in [-0.39, 0.29) is 12.8 Å². The molecule has 0 spiro atoms. The summed E-state index contributed by atoms with van der Waals surface area (Å²) in [5.74, 6) is -6.05. The average molecular weight is 514 g/mol.